The molecule has 0 unspecified atom stereocenters. The third-order valence-electron chi connectivity index (χ3n) is 4.24. The predicted octanol–water partition coefficient (Wildman–Crippen LogP) is 5.68. The highest BCUT2D eigenvalue weighted by molar-refractivity contribution is 5.66. The Bertz CT molecular complexity index is 415. The van der Waals surface area contributed by atoms with Gasteiger partial charge in [0.2, 0.25) is 0 Å². The molecule has 1 aliphatic carbocycles. The van der Waals surface area contributed by atoms with E-state index in [2.05, 4.69) is 55.5 Å². The topological polar surface area (TPSA) is 37.3 Å². The van der Waals surface area contributed by atoms with Crippen LogP contribution < -0.4 is 0 Å². The average molecular weight is 302 g/mol. The summed E-state index contributed by atoms with van der Waals surface area (Å²) in [6.07, 6.45) is 25.3. The molecule has 0 saturated heterocycles. The van der Waals surface area contributed by atoms with Gasteiger partial charge in [-0.1, -0.05) is 68.4 Å². The molecule has 1 N–H and O–H groups in total. The second-order valence-corrected chi connectivity index (χ2v) is 6.15. The van der Waals surface area contributed by atoms with Crippen LogP contribution in [0.25, 0.3) is 0 Å². The molecule has 1 aliphatic rings. The lowest BCUT2D eigenvalue weighted by Gasteiger charge is -2.20. The molecule has 0 aromatic carbocycles. The number of allylic oxidation sites excluding steroid dienone is 8. The minimum atomic E-state index is -0.684. The highest BCUT2D eigenvalue weighted by Crippen LogP contribution is 2.25. The molecule has 2 nitrogen and oxygen atoms in total. The zero-order valence-corrected chi connectivity index (χ0v) is 13.8. The second kappa shape index (κ2) is 12.0. The molecular weight excluding hydrogens is 272 g/mol. The summed E-state index contributed by atoms with van der Waals surface area (Å²) < 4.78 is 0. The summed E-state index contributed by atoms with van der Waals surface area (Å²) in [6, 6.07) is 0. The minimum Gasteiger partial charge on any atom is -0.481 e. The van der Waals surface area contributed by atoms with Crippen molar-refractivity contribution in [2.75, 3.05) is 0 Å². The van der Waals surface area contributed by atoms with Gasteiger partial charge >= 0.3 is 5.97 Å². The maximum atomic E-state index is 10.6. The van der Waals surface area contributed by atoms with Crippen LogP contribution in [-0.2, 0) is 4.79 Å². The molecule has 0 aliphatic heterocycles. The molecular formula is C20H30O2. The minimum absolute atomic E-state index is 0.289. The number of carboxylic acid groups (broad SMARTS) is 1. The van der Waals surface area contributed by atoms with E-state index >= 15 is 0 Å². The number of hydrogen-bond donors (Lipinski definition) is 1. The van der Waals surface area contributed by atoms with Crippen molar-refractivity contribution in [2.45, 2.75) is 58.3 Å². The van der Waals surface area contributed by atoms with Crippen molar-refractivity contribution in [3.8, 4) is 0 Å². The lowest BCUT2D eigenvalue weighted by molar-refractivity contribution is -0.137. The van der Waals surface area contributed by atoms with Crippen molar-refractivity contribution in [1.82, 2.24) is 0 Å². The van der Waals surface area contributed by atoms with E-state index in [1.54, 1.807) is 0 Å². The van der Waals surface area contributed by atoms with Crippen LogP contribution in [-0.4, -0.2) is 11.1 Å². The van der Waals surface area contributed by atoms with Crippen LogP contribution in [0.4, 0.5) is 0 Å². The van der Waals surface area contributed by atoms with E-state index in [9.17, 15) is 4.79 Å². The van der Waals surface area contributed by atoms with Gasteiger partial charge in [-0.2, -0.15) is 0 Å². The summed E-state index contributed by atoms with van der Waals surface area (Å²) in [5, 5.41) is 8.76. The Balaban J connectivity index is 2.54. The van der Waals surface area contributed by atoms with E-state index < -0.39 is 5.97 Å². The summed E-state index contributed by atoms with van der Waals surface area (Å²) in [6.45, 7) is 2.26. The first kappa shape index (κ1) is 18.5. The Hall–Kier alpha value is -1.57. The van der Waals surface area contributed by atoms with Crippen LogP contribution in [0.15, 0.2) is 48.6 Å². The Morgan fingerprint density at radius 1 is 1.09 bits per heavy atom. The quantitative estimate of drug-likeness (QED) is 0.709. The van der Waals surface area contributed by atoms with E-state index in [0.29, 0.717) is 11.8 Å². The highest BCUT2D eigenvalue weighted by Gasteiger charge is 2.14. The average Bonchev–Trinajstić information content (AvgIpc) is 2.49. The highest BCUT2D eigenvalue weighted by atomic mass is 16.4. The fraction of sp³-hybridized carbons (Fsp3) is 0.550. The maximum absolute atomic E-state index is 10.6. The zero-order chi connectivity index (χ0) is 16.0. The third-order valence-corrected chi connectivity index (χ3v) is 4.24. The molecule has 0 amide bonds. The SMILES string of the molecule is C[C@@H](CCCC(=O)O)[C@@H]1/C=C/C=C/C=C\C=C/CCCCC1. The van der Waals surface area contributed by atoms with Gasteiger partial charge in [-0.05, 0) is 43.9 Å². The lowest BCUT2D eigenvalue weighted by atomic mass is 9.85. The number of hydrogen-bond acceptors (Lipinski definition) is 1. The fourth-order valence-electron chi connectivity index (χ4n) is 2.82. The van der Waals surface area contributed by atoms with Gasteiger partial charge in [-0.25, -0.2) is 0 Å². The monoisotopic (exact) mass is 302 g/mol. The van der Waals surface area contributed by atoms with Crippen LogP contribution >= 0.6 is 0 Å². The molecule has 122 valence electrons. The van der Waals surface area contributed by atoms with Crippen molar-refractivity contribution < 1.29 is 9.90 Å². The molecule has 22 heavy (non-hydrogen) atoms. The molecule has 0 bridgehead atoms. The van der Waals surface area contributed by atoms with Crippen molar-refractivity contribution >= 4 is 5.97 Å². The van der Waals surface area contributed by atoms with Crippen LogP contribution in [0.2, 0.25) is 0 Å². The van der Waals surface area contributed by atoms with Gasteiger partial charge in [0.15, 0.2) is 0 Å². The summed E-state index contributed by atoms with van der Waals surface area (Å²) in [4.78, 5) is 10.6. The van der Waals surface area contributed by atoms with Crippen molar-refractivity contribution in [3.63, 3.8) is 0 Å². The maximum Gasteiger partial charge on any atom is 0.303 e. The predicted molar refractivity (Wildman–Crippen MR) is 93.8 cm³/mol. The lowest BCUT2D eigenvalue weighted by Crippen LogP contribution is -2.10. The Kier molecular flexibility index (Phi) is 10.1. The molecule has 0 saturated carbocycles. The summed E-state index contributed by atoms with van der Waals surface area (Å²) in [5.74, 6) is 0.421. The number of aliphatic carboxylic acids is 1. The van der Waals surface area contributed by atoms with Gasteiger partial charge in [-0.3, -0.25) is 4.79 Å². The van der Waals surface area contributed by atoms with Crippen LogP contribution in [0.1, 0.15) is 58.3 Å². The number of carbonyl (C=O) groups is 1. The second-order valence-electron chi connectivity index (χ2n) is 6.15. The van der Waals surface area contributed by atoms with E-state index in [1.807, 2.05) is 0 Å². The normalized spacial score (nSPS) is 27.2. The summed E-state index contributed by atoms with van der Waals surface area (Å²) in [7, 11) is 0. The molecule has 0 fully saturated rings. The van der Waals surface area contributed by atoms with E-state index in [1.165, 1.54) is 25.7 Å². The Morgan fingerprint density at radius 2 is 1.82 bits per heavy atom. The Morgan fingerprint density at radius 3 is 2.59 bits per heavy atom. The summed E-state index contributed by atoms with van der Waals surface area (Å²) >= 11 is 0. The Labute approximate surface area is 135 Å². The zero-order valence-electron chi connectivity index (χ0n) is 13.8. The van der Waals surface area contributed by atoms with E-state index in [0.717, 1.165) is 19.3 Å². The van der Waals surface area contributed by atoms with Gasteiger partial charge in [0.25, 0.3) is 0 Å². The number of carboxylic acids is 1. The molecule has 1 rings (SSSR count). The molecule has 2 heteroatoms. The van der Waals surface area contributed by atoms with Crippen molar-refractivity contribution in [2.24, 2.45) is 11.8 Å². The smallest absolute Gasteiger partial charge is 0.303 e. The molecule has 2 atom stereocenters. The third kappa shape index (κ3) is 9.38. The molecule has 0 radical (unpaired) electrons. The van der Waals surface area contributed by atoms with Gasteiger partial charge in [0.05, 0.1) is 0 Å². The standard InChI is InChI=1S/C20H30O2/c1-18(14-13-17-20(21)22)19-15-11-9-7-5-3-2-4-6-8-10-12-16-19/h2-5,7,9,11,15,18-19H,6,8,10,12-14,16-17H2,1H3,(H,21,22)/b4-2-,5-3-,9-7+,15-11+/t18-,19+/m0/s1. The fourth-order valence-corrected chi connectivity index (χ4v) is 2.82. The first-order chi connectivity index (χ1) is 10.7. The van der Waals surface area contributed by atoms with Crippen LogP contribution in [0.3, 0.4) is 0 Å². The van der Waals surface area contributed by atoms with Gasteiger partial charge in [0.1, 0.15) is 0 Å². The van der Waals surface area contributed by atoms with Gasteiger partial charge in [0, 0.05) is 6.42 Å². The van der Waals surface area contributed by atoms with E-state index in [-0.39, 0.29) is 6.42 Å². The van der Waals surface area contributed by atoms with Crippen molar-refractivity contribution in [1.29, 1.82) is 0 Å². The van der Waals surface area contributed by atoms with Crippen LogP contribution in [0, 0.1) is 11.8 Å². The van der Waals surface area contributed by atoms with Gasteiger partial charge < -0.3 is 5.11 Å². The van der Waals surface area contributed by atoms with E-state index in [4.69, 9.17) is 5.11 Å². The molecule has 0 aromatic rings. The number of rotatable bonds is 5. The largest absolute Gasteiger partial charge is 0.481 e. The van der Waals surface area contributed by atoms with Crippen LogP contribution in [0.5, 0.6) is 0 Å². The van der Waals surface area contributed by atoms with Gasteiger partial charge in [-0.15, -0.1) is 0 Å². The molecule has 0 aromatic heterocycles. The summed E-state index contributed by atoms with van der Waals surface area (Å²) in [5.41, 5.74) is 0. The molecule has 0 heterocycles. The first-order valence-electron chi connectivity index (χ1n) is 8.58. The first-order valence-corrected chi connectivity index (χ1v) is 8.58. The van der Waals surface area contributed by atoms with Crippen molar-refractivity contribution in [3.05, 3.63) is 48.6 Å². The molecule has 0 spiro atoms.